The molecule has 0 radical (unpaired) electrons. The number of thiophene rings is 1. The van der Waals surface area contributed by atoms with Gasteiger partial charge in [-0.3, -0.25) is 9.36 Å². The monoisotopic (exact) mass is 398 g/mol. The molecule has 0 aliphatic carbocycles. The Hall–Kier alpha value is -1.60. The van der Waals surface area contributed by atoms with Crippen LogP contribution in [0.5, 0.6) is 5.75 Å². The van der Waals surface area contributed by atoms with E-state index in [1.165, 1.54) is 22.2 Å². The van der Waals surface area contributed by atoms with Gasteiger partial charge < -0.3 is 9.84 Å². The molecule has 1 unspecified atom stereocenters. The lowest BCUT2D eigenvalue weighted by Crippen LogP contribution is -2.30. The van der Waals surface area contributed by atoms with Crippen LogP contribution in [0.25, 0.3) is 10.2 Å². The van der Waals surface area contributed by atoms with Crippen LogP contribution in [0, 0.1) is 0 Å². The summed E-state index contributed by atoms with van der Waals surface area (Å²) in [5.41, 5.74) is -0.166. The van der Waals surface area contributed by atoms with Crippen molar-refractivity contribution in [3.8, 4) is 5.75 Å². The predicted molar refractivity (Wildman–Crippen MR) is 101 cm³/mol. The minimum atomic E-state index is -0.892. The number of fused-ring (bicyclic) bond motifs is 1. The molecule has 3 rings (SSSR count). The predicted octanol–water partition coefficient (Wildman–Crippen LogP) is 3.77. The number of benzene rings is 1. The molecule has 1 N–H and O–H groups in total. The standard InChI is InChI=1S/C17H16Cl2N2O3S/c1-2-12-6-13-16(25-12)20-9-21(17(13)23)7-11(22)8-24-15-5-10(18)3-4-14(15)19/h3-6,9,11,22H,2,7-8H2,1H3. The van der Waals surface area contributed by atoms with Gasteiger partial charge in [-0.05, 0) is 24.6 Å². The molecule has 1 aromatic carbocycles. The highest BCUT2D eigenvalue weighted by atomic mass is 35.5. The minimum absolute atomic E-state index is 0.0195. The van der Waals surface area contributed by atoms with Crippen molar-refractivity contribution in [2.75, 3.05) is 6.61 Å². The largest absolute Gasteiger partial charge is 0.489 e. The molecule has 25 heavy (non-hydrogen) atoms. The van der Waals surface area contributed by atoms with E-state index in [9.17, 15) is 9.90 Å². The molecule has 1 atom stereocenters. The number of aryl methyl sites for hydroxylation is 1. The van der Waals surface area contributed by atoms with Crippen LogP contribution in [-0.2, 0) is 13.0 Å². The van der Waals surface area contributed by atoms with E-state index >= 15 is 0 Å². The van der Waals surface area contributed by atoms with Crippen molar-refractivity contribution < 1.29 is 9.84 Å². The van der Waals surface area contributed by atoms with Gasteiger partial charge in [0.05, 0.1) is 23.3 Å². The number of hydrogen-bond donors (Lipinski definition) is 1. The van der Waals surface area contributed by atoms with Crippen LogP contribution in [0.15, 0.2) is 35.4 Å². The highest BCUT2D eigenvalue weighted by Crippen LogP contribution is 2.27. The summed E-state index contributed by atoms with van der Waals surface area (Å²) < 4.78 is 6.89. The summed E-state index contributed by atoms with van der Waals surface area (Å²) in [5.74, 6) is 0.388. The van der Waals surface area contributed by atoms with Crippen molar-refractivity contribution in [2.45, 2.75) is 26.0 Å². The first-order chi connectivity index (χ1) is 12.0. The summed E-state index contributed by atoms with van der Waals surface area (Å²) >= 11 is 13.4. The number of hydrogen-bond acceptors (Lipinski definition) is 5. The van der Waals surface area contributed by atoms with Gasteiger partial charge in [0.15, 0.2) is 0 Å². The number of aliphatic hydroxyl groups is 1. The molecule has 0 saturated heterocycles. The smallest absolute Gasteiger partial charge is 0.262 e. The molecule has 5 nitrogen and oxygen atoms in total. The van der Waals surface area contributed by atoms with Gasteiger partial charge in [0.2, 0.25) is 0 Å². The Morgan fingerprint density at radius 3 is 2.92 bits per heavy atom. The maximum Gasteiger partial charge on any atom is 0.262 e. The van der Waals surface area contributed by atoms with E-state index < -0.39 is 6.10 Å². The van der Waals surface area contributed by atoms with Crippen molar-refractivity contribution >= 4 is 44.8 Å². The third kappa shape index (κ3) is 4.15. The zero-order valence-electron chi connectivity index (χ0n) is 13.4. The molecule has 0 saturated carbocycles. The summed E-state index contributed by atoms with van der Waals surface area (Å²) in [6, 6.07) is 6.71. The molecule has 0 fully saturated rings. The normalized spacial score (nSPS) is 12.5. The van der Waals surface area contributed by atoms with E-state index in [0.717, 1.165) is 16.1 Å². The lowest BCUT2D eigenvalue weighted by Gasteiger charge is -2.14. The fourth-order valence-electron chi connectivity index (χ4n) is 2.37. The van der Waals surface area contributed by atoms with E-state index in [1.807, 2.05) is 13.0 Å². The van der Waals surface area contributed by atoms with Crippen molar-refractivity contribution in [1.82, 2.24) is 9.55 Å². The Labute approximate surface area is 158 Å². The van der Waals surface area contributed by atoms with Crippen LogP contribution < -0.4 is 10.3 Å². The second-order valence-corrected chi connectivity index (χ2v) is 7.49. The average Bonchev–Trinajstić information content (AvgIpc) is 3.02. The van der Waals surface area contributed by atoms with Gasteiger partial charge in [-0.1, -0.05) is 30.1 Å². The fraction of sp³-hybridized carbons (Fsp3) is 0.294. The van der Waals surface area contributed by atoms with Crippen molar-refractivity contribution in [3.05, 3.63) is 55.9 Å². The van der Waals surface area contributed by atoms with E-state index in [-0.39, 0.29) is 18.7 Å². The molecule has 3 aromatic rings. The van der Waals surface area contributed by atoms with Crippen LogP contribution in [0.3, 0.4) is 0 Å². The second kappa shape index (κ2) is 7.74. The first-order valence-electron chi connectivity index (χ1n) is 7.71. The maximum atomic E-state index is 12.5. The summed E-state index contributed by atoms with van der Waals surface area (Å²) in [4.78, 5) is 18.6. The molecule has 2 heterocycles. The zero-order valence-corrected chi connectivity index (χ0v) is 15.7. The fourth-order valence-corrected chi connectivity index (χ4v) is 3.63. The molecule has 0 bridgehead atoms. The molecule has 2 aromatic heterocycles. The quantitative estimate of drug-likeness (QED) is 0.686. The van der Waals surface area contributed by atoms with Gasteiger partial charge in [0.25, 0.3) is 5.56 Å². The Morgan fingerprint density at radius 1 is 1.36 bits per heavy atom. The zero-order chi connectivity index (χ0) is 18.0. The summed E-state index contributed by atoms with van der Waals surface area (Å²) in [6.07, 6.45) is 1.42. The van der Waals surface area contributed by atoms with Crippen LogP contribution >= 0.6 is 34.5 Å². The topological polar surface area (TPSA) is 64.4 Å². The van der Waals surface area contributed by atoms with Crippen LogP contribution in [0.1, 0.15) is 11.8 Å². The first-order valence-corrected chi connectivity index (χ1v) is 9.29. The Kier molecular flexibility index (Phi) is 5.64. The summed E-state index contributed by atoms with van der Waals surface area (Å²) in [6.45, 7) is 2.09. The van der Waals surface area contributed by atoms with E-state index in [4.69, 9.17) is 27.9 Å². The van der Waals surface area contributed by atoms with Crippen molar-refractivity contribution in [3.63, 3.8) is 0 Å². The number of nitrogens with zero attached hydrogens (tertiary/aromatic N) is 2. The molecule has 0 amide bonds. The Bertz CT molecular complexity index is 955. The van der Waals surface area contributed by atoms with Gasteiger partial charge in [0.1, 0.15) is 23.3 Å². The Balaban J connectivity index is 1.71. The van der Waals surface area contributed by atoms with Crippen LogP contribution in [0.4, 0.5) is 0 Å². The summed E-state index contributed by atoms with van der Waals surface area (Å²) in [7, 11) is 0. The van der Waals surface area contributed by atoms with Gasteiger partial charge in [-0.2, -0.15) is 0 Å². The number of rotatable bonds is 6. The molecule has 132 valence electrons. The van der Waals surface area contributed by atoms with Gasteiger partial charge in [0, 0.05) is 16.0 Å². The number of halogens is 2. The number of aromatic nitrogens is 2. The minimum Gasteiger partial charge on any atom is -0.489 e. The van der Waals surface area contributed by atoms with E-state index in [1.54, 1.807) is 18.2 Å². The Morgan fingerprint density at radius 2 is 2.16 bits per heavy atom. The second-order valence-electron chi connectivity index (χ2n) is 5.53. The lowest BCUT2D eigenvalue weighted by atomic mass is 10.3. The lowest BCUT2D eigenvalue weighted by molar-refractivity contribution is 0.0915. The maximum absolute atomic E-state index is 12.5. The molecule has 0 spiro atoms. The number of ether oxygens (including phenoxy) is 1. The SMILES string of the molecule is CCc1cc2c(=O)n(CC(O)COc3cc(Cl)ccc3Cl)cnc2s1. The van der Waals surface area contributed by atoms with E-state index in [2.05, 4.69) is 4.98 Å². The highest BCUT2D eigenvalue weighted by Gasteiger charge is 2.13. The highest BCUT2D eigenvalue weighted by molar-refractivity contribution is 7.18. The summed E-state index contributed by atoms with van der Waals surface area (Å²) in [5, 5.41) is 11.7. The molecular weight excluding hydrogens is 383 g/mol. The average molecular weight is 399 g/mol. The molecule has 0 aliphatic rings. The molecule has 8 heteroatoms. The first kappa shape index (κ1) is 18.2. The third-order valence-corrected chi connectivity index (χ3v) is 5.38. The van der Waals surface area contributed by atoms with E-state index in [0.29, 0.717) is 21.2 Å². The van der Waals surface area contributed by atoms with Crippen molar-refractivity contribution in [2.24, 2.45) is 0 Å². The van der Waals surface area contributed by atoms with Crippen LogP contribution in [-0.4, -0.2) is 27.4 Å². The van der Waals surface area contributed by atoms with Crippen LogP contribution in [0.2, 0.25) is 10.0 Å². The van der Waals surface area contributed by atoms with Gasteiger partial charge in [-0.25, -0.2) is 4.98 Å². The number of aliphatic hydroxyl groups excluding tert-OH is 1. The molecular formula is C17H16Cl2N2O3S. The van der Waals surface area contributed by atoms with Gasteiger partial charge >= 0.3 is 0 Å². The van der Waals surface area contributed by atoms with Crippen molar-refractivity contribution in [1.29, 1.82) is 0 Å². The third-order valence-electron chi connectivity index (χ3n) is 3.65. The molecule has 0 aliphatic heterocycles. The van der Waals surface area contributed by atoms with Gasteiger partial charge in [-0.15, -0.1) is 11.3 Å².